The van der Waals surface area contributed by atoms with E-state index in [-0.39, 0.29) is 11.9 Å². The smallest absolute Gasteiger partial charge is 0.128 e. The zero-order chi connectivity index (χ0) is 13.7. The lowest BCUT2D eigenvalue weighted by Gasteiger charge is -2.21. The Hall–Kier alpha value is -1.78. The Balaban J connectivity index is 1.96. The molecule has 2 N–H and O–H groups in total. The highest BCUT2D eigenvalue weighted by Gasteiger charge is 2.13. The molecule has 0 fully saturated rings. The van der Waals surface area contributed by atoms with Crippen molar-refractivity contribution in [3.8, 4) is 0 Å². The Labute approximate surface area is 112 Å². The number of hydrogen-bond donors (Lipinski definition) is 1. The van der Waals surface area contributed by atoms with Gasteiger partial charge >= 0.3 is 0 Å². The lowest BCUT2D eigenvalue weighted by molar-refractivity contribution is 0.302. The van der Waals surface area contributed by atoms with Crippen LogP contribution in [0.25, 0.3) is 0 Å². The Morgan fingerprint density at radius 1 is 1.26 bits per heavy atom. The van der Waals surface area contributed by atoms with Gasteiger partial charge in [-0.25, -0.2) is 4.39 Å². The molecule has 0 saturated heterocycles. The second-order valence-electron chi connectivity index (χ2n) is 4.69. The van der Waals surface area contributed by atoms with Crippen LogP contribution in [0, 0.1) is 5.82 Å². The van der Waals surface area contributed by atoms with E-state index >= 15 is 0 Å². The summed E-state index contributed by atoms with van der Waals surface area (Å²) in [5.74, 6) is -0.246. The van der Waals surface area contributed by atoms with Crippen LogP contribution in [0.1, 0.15) is 17.2 Å². The van der Waals surface area contributed by atoms with Crippen molar-refractivity contribution in [3.05, 3.63) is 65.7 Å². The quantitative estimate of drug-likeness (QED) is 0.896. The van der Waals surface area contributed by atoms with Crippen LogP contribution in [-0.2, 0) is 6.54 Å². The fourth-order valence-corrected chi connectivity index (χ4v) is 2.08. The zero-order valence-corrected chi connectivity index (χ0v) is 11.0. The Bertz CT molecular complexity index is 516. The van der Waals surface area contributed by atoms with Gasteiger partial charge in [-0.3, -0.25) is 4.98 Å². The molecule has 0 radical (unpaired) electrons. The molecular formula is C15H18FN3. The fraction of sp³-hybridized carbons (Fsp3) is 0.267. The van der Waals surface area contributed by atoms with Crippen LogP contribution in [0.4, 0.5) is 4.39 Å². The van der Waals surface area contributed by atoms with E-state index in [2.05, 4.69) is 9.88 Å². The molecule has 1 aromatic heterocycles. The van der Waals surface area contributed by atoms with Gasteiger partial charge in [0, 0.05) is 37.1 Å². The summed E-state index contributed by atoms with van der Waals surface area (Å²) >= 11 is 0. The van der Waals surface area contributed by atoms with E-state index in [0.717, 1.165) is 12.1 Å². The van der Waals surface area contributed by atoms with Crippen molar-refractivity contribution in [2.75, 3.05) is 13.6 Å². The minimum Gasteiger partial charge on any atom is -0.323 e. The largest absolute Gasteiger partial charge is 0.323 e. The summed E-state index contributed by atoms with van der Waals surface area (Å²) in [5.41, 5.74) is 7.73. The topological polar surface area (TPSA) is 42.2 Å². The van der Waals surface area contributed by atoms with E-state index in [4.69, 9.17) is 5.73 Å². The molecule has 2 aromatic rings. The molecule has 1 aromatic carbocycles. The molecule has 19 heavy (non-hydrogen) atoms. The van der Waals surface area contributed by atoms with Gasteiger partial charge in [-0.15, -0.1) is 0 Å². The standard InChI is InChI=1S/C15H18FN3/c1-19(10-12-5-4-8-18-9-12)11-15(17)13-6-2-3-7-14(13)16/h2-9,15H,10-11,17H2,1H3. The average molecular weight is 259 g/mol. The van der Waals surface area contributed by atoms with Crippen LogP contribution >= 0.6 is 0 Å². The summed E-state index contributed by atoms with van der Waals surface area (Å²) in [6.07, 6.45) is 3.57. The third-order valence-corrected chi connectivity index (χ3v) is 2.99. The number of likely N-dealkylation sites (N-methyl/N-ethyl adjacent to an activating group) is 1. The average Bonchev–Trinajstić information content (AvgIpc) is 2.40. The van der Waals surface area contributed by atoms with Crippen LogP contribution in [0.5, 0.6) is 0 Å². The highest BCUT2D eigenvalue weighted by atomic mass is 19.1. The van der Waals surface area contributed by atoms with Gasteiger partial charge in [-0.1, -0.05) is 24.3 Å². The second-order valence-corrected chi connectivity index (χ2v) is 4.69. The van der Waals surface area contributed by atoms with Gasteiger partial charge in [0.15, 0.2) is 0 Å². The zero-order valence-electron chi connectivity index (χ0n) is 11.0. The first kappa shape index (κ1) is 13.6. The lowest BCUT2D eigenvalue weighted by Crippen LogP contribution is -2.29. The van der Waals surface area contributed by atoms with Crippen molar-refractivity contribution in [2.24, 2.45) is 5.73 Å². The minimum atomic E-state index is -0.331. The number of hydrogen-bond acceptors (Lipinski definition) is 3. The predicted octanol–water partition coefficient (Wildman–Crippen LogP) is 2.35. The van der Waals surface area contributed by atoms with Gasteiger partial charge in [0.1, 0.15) is 5.82 Å². The number of nitrogens with two attached hydrogens (primary N) is 1. The van der Waals surface area contributed by atoms with Gasteiger partial charge in [0.05, 0.1) is 0 Å². The molecule has 3 nitrogen and oxygen atoms in total. The summed E-state index contributed by atoms with van der Waals surface area (Å²) in [5, 5.41) is 0. The Kier molecular flexibility index (Phi) is 4.60. The minimum absolute atomic E-state index is 0.246. The summed E-state index contributed by atoms with van der Waals surface area (Å²) in [6.45, 7) is 1.34. The van der Waals surface area contributed by atoms with Crippen LogP contribution in [-0.4, -0.2) is 23.5 Å². The number of halogens is 1. The molecule has 0 spiro atoms. The SMILES string of the molecule is CN(Cc1cccnc1)CC(N)c1ccccc1F. The Morgan fingerprint density at radius 2 is 2.05 bits per heavy atom. The van der Waals surface area contributed by atoms with E-state index in [1.807, 2.05) is 25.4 Å². The number of nitrogens with zero attached hydrogens (tertiary/aromatic N) is 2. The summed E-state index contributed by atoms with van der Waals surface area (Å²) < 4.78 is 13.6. The van der Waals surface area contributed by atoms with Crippen molar-refractivity contribution >= 4 is 0 Å². The molecule has 100 valence electrons. The van der Waals surface area contributed by atoms with E-state index < -0.39 is 0 Å². The number of rotatable bonds is 5. The van der Waals surface area contributed by atoms with E-state index in [0.29, 0.717) is 12.1 Å². The van der Waals surface area contributed by atoms with Gasteiger partial charge in [0.25, 0.3) is 0 Å². The summed E-state index contributed by atoms with van der Waals surface area (Å²) in [4.78, 5) is 6.13. The maximum atomic E-state index is 13.6. The van der Waals surface area contributed by atoms with Crippen molar-refractivity contribution in [1.29, 1.82) is 0 Å². The molecule has 0 amide bonds. The molecule has 2 rings (SSSR count). The highest BCUT2D eigenvalue weighted by molar-refractivity contribution is 5.21. The first-order chi connectivity index (χ1) is 9.16. The van der Waals surface area contributed by atoms with Crippen LogP contribution < -0.4 is 5.73 Å². The van der Waals surface area contributed by atoms with Crippen molar-refractivity contribution in [3.63, 3.8) is 0 Å². The molecule has 0 saturated carbocycles. The third-order valence-electron chi connectivity index (χ3n) is 2.99. The van der Waals surface area contributed by atoms with Gasteiger partial charge in [-0.2, -0.15) is 0 Å². The van der Waals surface area contributed by atoms with Crippen molar-refractivity contribution in [1.82, 2.24) is 9.88 Å². The molecule has 1 unspecified atom stereocenters. The Morgan fingerprint density at radius 3 is 2.74 bits per heavy atom. The summed E-state index contributed by atoms with van der Waals surface area (Å²) in [7, 11) is 1.97. The van der Waals surface area contributed by atoms with Gasteiger partial charge < -0.3 is 10.6 Å². The molecule has 0 aliphatic rings. The van der Waals surface area contributed by atoms with Crippen LogP contribution in [0.15, 0.2) is 48.8 Å². The number of aromatic nitrogens is 1. The molecule has 1 atom stereocenters. The molecule has 0 aliphatic heterocycles. The molecule has 0 aliphatic carbocycles. The highest BCUT2D eigenvalue weighted by Crippen LogP contribution is 2.16. The monoisotopic (exact) mass is 259 g/mol. The normalized spacial score (nSPS) is 12.6. The van der Waals surface area contributed by atoms with E-state index in [1.54, 1.807) is 24.4 Å². The molecular weight excluding hydrogens is 241 g/mol. The second kappa shape index (κ2) is 6.41. The lowest BCUT2D eigenvalue weighted by atomic mass is 10.1. The van der Waals surface area contributed by atoms with E-state index in [9.17, 15) is 4.39 Å². The van der Waals surface area contributed by atoms with Gasteiger partial charge in [-0.05, 0) is 24.7 Å². The summed E-state index contributed by atoms with van der Waals surface area (Å²) in [6, 6.07) is 10.2. The van der Waals surface area contributed by atoms with Crippen LogP contribution in [0.3, 0.4) is 0 Å². The first-order valence-electron chi connectivity index (χ1n) is 6.24. The maximum Gasteiger partial charge on any atom is 0.128 e. The molecule has 4 heteroatoms. The predicted molar refractivity (Wildman–Crippen MR) is 73.9 cm³/mol. The van der Waals surface area contributed by atoms with Crippen LogP contribution in [0.2, 0.25) is 0 Å². The first-order valence-corrected chi connectivity index (χ1v) is 6.24. The van der Waals surface area contributed by atoms with Crippen molar-refractivity contribution in [2.45, 2.75) is 12.6 Å². The number of pyridine rings is 1. The fourth-order valence-electron chi connectivity index (χ4n) is 2.08. The molecule has 1 heterocycles. The van der Waals surface area contributed by atoms with Crippen molar-refractivity contribution < 1.29 is 4.39 Å². The number of benzene rings is 1. The third kappa shape index (κ3) is 3.84. The molecule has 0 bridgehead atoms. The maximum absolute atomic E-state index is 13.6. The van der Waals surface area contributed by atoms with Gasteiger partial charge in [0.2, 0.25) is 0 Å². The van der Waals surface area contributed by atoms with E-state index in [1.165, 1.54) is 6.07 Å².